The molecule has 15 heavy (non-hydrogen) atoms. The standard InChI is InChI=1S/C9H22O3SSi.H2O/c1-4-10-14(11-5-2,12-6-3)9-7-8-13;/h13H,4-9H2,1-3H3;1H2. The van der Waals surface area contributed by atoms with E-state index in [1.807, 2.05) is 20.8 Å². The van der Waals surface area contributed by atoms with Gasteiger partial charge in [0.05, 0.1) is 0 Å². The Morgan fingerprint density at radius 3 is 1.60 bits per heavy atom. The van der Waals surface area contributed by atoms with Gasteiger partial charge in [-0.15, -0.1) is 0 Å². The van der Waals surface area contributed by atoms with Crippen LogP contribution in [0.15, 0.2) is 0 Å². The molecule has 0 aromatic heterocycles. The maximum Gasteiger partial charge on any atom is 0.500 e. The van der Waals surface area contributed by atoms with Gasteiger partial charge in [0.2, 0.25) is 0 Å². The van der Waals surface area contributed by atoms with Crippen molar-refractivity contribution in [2.75, 3.05) is 25.6 Å². The van der Waals surface area contributed by atoms with Crippen LogP contribution >= 0.6 is 12.6 Å². The van der Waals surface area contributed by atoms with Crippen LogP contribution in [0.2, 0.25) is 6.04 Å². The quantitative estimate of drug-likeness (QED) is 0.503. The van der Waals surface area contributed by atoms with Crippen LogP contribution in [-0.2, 0) is 13.3 Å². The molecule has 0 aliphatic rings. The molecular weight excluding hydrogens is 232 g/mol. The van der Waals surface area contributed by atoms with Crippen LogP contribution < -0.4 is 0 Å². The summed E-state index contributed by atoms with van der Waals surface area (Å²) in [6.07, 6.45) is 0.981. The molecule has 0 fully saturated rings. The molecule has 0 heterocycles. The highest BCUT2D eigenvalue weighted by Crippen LogP contribution is 2.18. The fourth-order valence-corrected chi connectivity index (χ4v) is 4.36. The molecule has 0 amide bonds. The lowest BCUT2D eigenvalue weighted by Gasteiger charge is -2.28. The maximum absolute atomic E-state index is 5.67. The van der Waals surface area contributed by atoms with Crippen molar-refractivity contribution in [3.05, 3.63) is 0 Å². The van der Waals surface area contributed by atoms with E-state index in [4.69, 9.17) is 13.3 Å². The van der Waals surface area contributed by atoms with Crippen molar-refractivity contribution in [1.29, 1.82) is 0 Å². The highest BCUT2D eigenvalue weighted by molar-refractivity contribution is 7.80. The van der Waals surface area contributed by atoms with Gasteiger partial charge in [0.25, 0.3) is 0 Å². The maximum atomic E-state index is 5.67. The third-order valence-electron chi connectivity index (χ3n) is 1.73. The number of hydrogen-bond acceptors (Lipinski definition) is 4. The van der Waals surface area contributed by atoms with Crippen molar-refractivity contribution < 1.29 is 18.8 Å². The second-order valence-corrected chi connectivity index (χ2v) is 5.99. The molecule has 0 bridgehead atoms. The topological polar surface area (TPSA) is 59.2 Å². The Morgan fingerprint density at radius 2 is 1.33 bits per heavy atom. The summed E-state index contributed by atoms with van der Waals surface area (Å²) in [4.78, 5) is 0. The Labute approximate surface area is 99.4 Å². The van der Waals surface area contributed by atoms with E-state index in [0.29, 0.717) is 19.8 Å². The molecule has 6 heteroatoms. The lowest BCUT2D eigenvalue weighted by atomic mass is 10.6. The zero-order valence-electron chi connectivity index (χ0n) is 9.91. The van der Waals surface area contributed by atoms with E-state index in [1.165, 1.54) is 0 Å². The van der Waals surface area contributed by atoms with Crippen LogP contribution in [0.4, 0.5) is 0 Å². The second kappa shape index (κ2) is 10.9. The van der Waals surface area contributed by atoms with E-state index in [1.54, 1.807) is 0 Å². The minimum absolute atomic E-state index is 0. The van der Waals surface area contributed by atoms with E-state index in [9.17, 15) is 0 Å². The molecule has 0 saturated heterocycles. The molecule has 0 unspecified atom stereocenters. The first kappa shape index (κ1) is 17.8. The predicted octanol–water partition coefficient (Wildman–Crippen LogP) is 1.53. The lowest BCUT2D eigenvalue weighted by molar-refractivity contribution is 0.0712. The molecule has 0 saturated carbocycles. The first-order chi connectivity index (χ1) is 6.74. The average molecular weight is 256 g/mol. The summed E-state index contributed by atoms with van der Waals surface area (Å²) in [6, 6.07) is 0.867. The summed E-state index contributed by atoms with van der Waals surface area (Å²) < 4.78 is 17.0. The predicted molar refractivity (Wildman–Crippen MR) is 67.5 cm³/mol. The van der Waals surface area contributed by atoms with Crippen LogP contribution in [0.5, 0.6) is 0 Å². The Kier molecular flexibility index (Phi) is 12.9. The number of hydrogen-bond donors (Lipinski definition) is 1. The van der Waals surface area contributed by atoms with Crippen LogP contribution in [0, 0.1) is 0 Å². The monoisotopic (exact) mass is 256 g/mol. The summed E-state index contributed by atoms with van der Waals surface area (Å²) in [7, 11) is -2.37. The largest absolute Gasteiger partial charge is 0.500 e. The molecule has 94 valence electrons. The Bertz CT molecular complexity index is 120. The van der Waals surface area contributed by atoms with Crippen LogP contribution in [-0.4, -0.2) is 39.9 Å². The molecule has 0 spiro atoms. The molecule has 0 aliphatic carbocycles. The first-order valence-corrected chi connectivity index (χ1v) is 7.83. The highest BCUT2D eigenvalue weighted by Gasteiger charge is 2.39. The molecule has 0 aliphatic heterocycles. The van der Waals surface area contributed by atoms with Gasteiger partial charge in [0, 0.05) is 25.9 Å². The van der Waals surface area contributed by atoms with Gasteiger partial charge in [0.15, 0.2) is 0 Å². The van der Waals surface area contributed by atoms with E-state index in [0.717, 1.165) is 18.2 Å². The zero-order chi connectivity index (χ0) is 10.9. The first-order valence-electron chi connectivity index (χ1n) is 5.27. The summed E-state index contributed by atoms with van der Waals surface area (Å²) in [5.74, 6) is 0.849. The molecule has 0 atom stereocenters. The van der Waals surface area contributed by atoms with Crippen molar-refractivity contribution in [3.63, 3.8) is 0 Å². The lowest BCUT2D eigenvalue weighted by Crippen LogP contribution is -2.46. The van der Waals surface area contributed by atoms with Gasteiger partial charge in [-0.1, -0.05) is 0 Å². The SMILES string of the molecule is CCO[Si](CCCS)(OCC)OCC.O. The number of rotatable bonds is 9. The summed E-state index contributed by atoms with van der Waals surface area (Å²) in [6.45, 7) is 7.87. The van der Waals surface area contributed by atoms with Crippen LogP contribution in [0.3, 0.4) is 0 Å². The zero-order valence-corrected chi connectivity index (χ0v) is 11.8. The van der Waals surface area contributed by atoms with Gasteiger partial charge in [-0.3, -0.25) is 0 Å². The van der Waals surface area contributed by atoms with Crippen molar-refractivity contribution in [1.82, 2.24) is 0 Å². The van der Waals surface area contributed by atoms with Crippen molar-refractivity contribution in [2.24, 2.45) is 0 Å². The minimum atomic E-state index is -2.37. The van der Waals surface area contributed by atoms with Gasteiger partial charge >= 0.3 is 8.80 Å². The minimum Gasteiger partial charge on any atom is -0.412 e. The van der Waals surface area contributed by atoms with E-state index < -0.39 is 8.80 Å². The van der Waals surface area contributed by atoms with Gasteiger partial charge in [-0.05, 0) is 32.9 Å². The fraction of sp³-hybridized carbons (Fsp3) is 1.00. The van der Waals surface area contributed by atoms with Crippen molar-refractivity contribution in [2.45, 2.75) is 33.2 Å². The third kappa shape index (κ3) is 7.32. The molecule has 0 rings (SSSR count). The van der Waals surface area contributed by atoms with E-state index in [2.05, 4.69) is 12.6 Å². The molecule has 0 aromatic rings. The Balaban J connectivity index is 0. The van der Waals surface area contributed by atoms with Gasteiger partial charge in [-0.25, -0.2) is 0 Å². The molecule has 4 nitrogen and oxygen atoms in total. The summed E-state index contributed by atoms with van der Waals surface area (Å²) >= 11 is 4.19. The molecule has 0 aromatic carbocycles. The van der Waals surface area contributed by atoms with Crippen LogP contribution in [0.1, 0.15) is 27.2 Å². The normalized spacial score (nSPS) is 11.2. The Morgan fingerprint density at radius 1 is 0.933 bits per heavy atom. The highest BCUT2D eigenvalue weighted by atomic mass is 32.1. The summed E-state index contributed by atoms with van der Waals surface area (Å²) in [5, 5.41) is 0. The summed E-state index contributed by atoms with van der Waals surface area (Å²) in [5.41, 5.74) is 0. The molecule has 0 radical (unpaired) electrons. The van der Waals surface area contributed by atoms with Crippen molar-refractivity contribution >= 4 is 21.4 Å². The fourth-order valence-electron chi connectivity index (χ4n) is 1.30. The second-order valence-electron chi connectivity index (χ2n) is 2.81. The van der Waals surface area contributed by atoms with Gasteiger partial charge in [-0.2, -0.15) is 12.6 Å². The van der Waals surface area contributed by atoms with E-state index in [-0.39, 0.29) is 5.48 Å². The average Bonchev–Trinajstić information content (AvgIpc) is 2.16. The van der Waals surface area contributed by atoms with E-state index >= 15 is 0 Å². The van der Waals surface area contributed by atoms with Gasteiger partial charge in [0.1, 0.15) is 0 Å². The van der Waals surface area contributed by atoms with Crippen LogP contribution in [0.25, 0.3) is 0 Å². The smallest absolute Gasteiger partial charge is 0.412 e. The number of thiol groups is 1. The molecular formula is C9H24O4SSi. The Hall–Kier alpha value is 0.407. The molecule has 2 N–H and O–H groups in total. The third-order valence-corrected chi connectivity index (χ3v) is 5.20. The van der Waals surface area contributed by atoms with Crippen molar-refractivity contribution in [3.8, 4) is 0 Å². The van der Waals surface area contributed by atoms with Gasteiger partial charge < -0.3 is 18.8 Å².